The molecule has 0 fully saturated rings. The van der Waals surface area contributed by atoms with Crippen LogP contribution in [0.1, 0.15) is 26.5 Å². The predicted molar refractivity (Wildman–Crippen MR) is 95.8 cm³/mol. The van der Waals surface area contributed by atoms with Crippen molar-refractivity contribution in [1.29, 1.82) is 0 Å². The Morgan fingerprint density at radius 3 is 2.79 bits per heavy atom. The van der Waals surface area contributed by atoms with E-state index in [-0.39, 0.29) is 11.9 Å². The SMILES string of the molecule is C=CCn1c(SCC(=O)NC(C)C(C)C)nnc1-c1ccoc1C. The third kappa shape index (κ3) is 4.29. The molecule has 0 radical (unpaired) electrons. The van der Waals surface area contributed by atoms with Crippen LogP contribution in [0.25, 0.3) is 11.4 Å². The van der Waals surface area contributed by atoms with Crippen molar-refractivity contribution in [3.05, 3.63) is 30.7 Å². The quantitative estimate of drug-likeness (QED) is 0.585. The molecule has 0 saturated carbocycles. The molecule has 130 valence electrons. The number of allylic oxidation sites excluding steroid dienone is 1. The van der Waals surface area contributed by atoms with Crippen LogP contribution in [0.3, 0.4) is 0 Å². The van der Waals surface area contributed by atoms with Gasteiger partial charge in [0.1, 0.15) is 5.76 Å². The van der Waals surface area contributed by atoms with Gasteiger partial charge in [0.05, 0.1) is 17.6 Å². The number of aryl methyl sites for hydroxylation is 1. The van der Waals surface area contributed by atoms with Crippen LogP contribution < -0.4 is 5.32 Å². The summed E-state index contributed by atoms with van der Waals surface area (Å²) in [6.07, 6.45) is 3.42. The highest BCUT2D eigenvalue weighted by Gasteiger charge is 2.18. The standard InChI is InChI=1S/C17H24N4O2S/c1-6-8-21-16(14-7-9-23-13(14)5)19-20-17(21)24-10-15(22)18-12(4)11(2)3/h6-7,9,11-12H,1,8,10H2,2-5H3,(H,18,22). The third-order valence-electron chi connectivity index (χ3n) is 3.85. The van der Waals surface area contributed by atoms with E-state index in [1.54, 1.807) is 12.3 Å². The number of aromatic nitrogens is 3. The maximum atomic E-state index is 12.1. The van der Waals surface area contributed by atoms with E-state index in [0.717, 1.165) is 17.1 Å². The van der Waals surface area contributed by atoms with E-state index in [0.29, 0.717) is 23.4 Å². The fraction of sp³-hybridized carbons (Fsp3) is 0.471. The van der Waals surface area contributed by atoms with Gasteiger partial charge in [-0.05, 0) is 25.8 Å². The highest BCUT2D eigenvalue weighted by Crippen LogP contribution is 2.27. The van der Waals surface area contributed by atoms with Crippen molar-refractivity contribution in [3.63, 3.8) is 0 Å². The van der Waals surface area contributed by atoms with E-state index in [1.807, 2.05) is 24.5 Å². The lowest BCUT2D eigenvalue weighted by Crippen LogP contribution is -2.37. The Bertz CT molecular complexity index is 705. The number of thioether (sulfide) groups is 1. The minimum absolute atomic E-state index is 0.00426. The first-order valence-electron chi connectivity index (χ1n) is 7.94. The van der Waals surface area contributed by atoms with Gasteiger partial charge in [-0.25, -0.2) is 0 Å². The largest absolute Gasteiger partial charge is 0.469 e. The monoisotopic (exact) mass is 348 g/mol. The molecule has 2 aromatic heterocycles. The fourth-order valence-electron chi connectivity index (χ4n) is 2.10. The highest BCUT2D eigenvalue weighted by atomic mass is 32.2. The van der Waals surface area contributed by atoms with E-state index in [2.05, 4.69) is 35.9 Å². The Morgan fingerprint density at radius 1 is 1.46 bits per heavy atom. The normalized spacial score (nSPS) is 12.4. The molecule has 2 heterocycles. The maximum absolute atomic E-state index is 12.1. The Balaban J connectivity index is 2.11. The van der Waals surface area contributed by atoms with E-state index < -0.39 is 0 Å². The van der Waals surface area contributed by atoms with Gasteiger partial charge in [0.15, 0.2) is 11.0 Å². The number of nitrogens with one attached hydrogen (secondary N) is 1. The van der Waals surface area contributed by atoms with Crippen molar-refractivity contribution in [2.75, 3.05) is 5.75 Å². The molecule has 0 aliphatic carbocycles. The lowest BCUT2D eigenvalue weighted by Gasteiger charge is -2.17. The van der Waals surface area contributed by atoms with Crippen molar-refractivity contribution < 1.29 is 9.21 Å². The molecule has 1 unspecified atom stereocenters. The molecule has 0 aromatic carbocycles. The number of hydrogen-bond acceptors (Lipinski definition) is 5. The average molecular weight is 348 g/mol. The van der Waals surface area contributed by atoms with E-state index >= 15 is 0 Å². The zero-order valence-electron chi connectivity index (χ0n) is 14.6. The number of carbonyl (C=O) groups excluding carboxylic acids is 1. The first-order valence-corrected chi connectivity index (χ1v) is 8.93. The second-order valence-electron chi connectivity index (χ2n) is 5.98. The molecule has 0 aliphatic rings. The van der Waals surface area contributed by atoms with Gasteiger partial charge in [-0.15, -0.1) is 16.8 Å². The highest BCUT2D eigenvalue weighted by molar-refractivity contribution is 7.99. The van der Waals surface area contributed by atoms with Gasteiger partial charge in [0.2, 0.25) is 5.91 Å². The second kappa shape index (κ2) is 8.19. The topological polar surface area (TPSA) is 73.0 Å². The Hall–Kier alpha value is -2.02. The van der Waals surface area contributed by atoms with Gasteiger partial charge < -0.3 is 9.73 Å². The molecule has 2 rings (SSSR count). The zero-order chi connectivity index (χ0) is 17.7. The van der Waals surface area contributed by atoms with Crippen molar-refractivity contribution in [2.24, 2.45) is 5.92 Å². The number of furan rings is 1. The third-order valence-corrected chi connectivity index (χ3v) is 4.82. The molecule has 0 bridgehead atoms. The summed E-state index contributed by atoms with van der Waals surface area (Å²) in [7, 11) is 0. The van der Waals surface area contributed by atoms with Gasteiger partial charge in [-0.3, -0.25) is 9.36 Å². The van der Waals surface area contributed by atoms with Gasteiger partial charge >= 0.3 is 0 Å². The molecule has 1 atom stereocenters. The molecule has 24 heavy (non-hydrogen) atoms. The fourth-order valence-corrected chi connectivity index (χ4v) is 2.86. The summed E-state index contributed by atoms with van der Waals surface area (Å²) in [5.41, 5.74) is 0.897. The molecule has 0 aliphatic heterocycles. The van der Waals surface area contributed by atoms with Crippen LogP contribution in [-0.4, -0.2) is 32.5 Å². The molecule has 2 aromatic rings. The smallest absolute Gasteiger partial charge is 0.230 e. The summed E-state index contributed by atoms with van der Waals surface area (Å²) >= 11 is 1.37. The van der Waals surface area contributed by atoms with E-state index in [9.17, 15) is 4.79 Å². The lowest BCUT2D eigenvalue weighted by atomic mass is 10.1. The molecular formula is C17H24N4O2S. The van der Waals surface area contributed by atoms with E-state index in [4.69, 9.17) is 4.42 Å². The molecule has 0 saturated heterocycles. The maximum Gasteiger partial charge on any atom is 0.230 e. The summed E-state index contributed by atoms with van der Waals surface area (Å²) in [6.45, 7) is 12.4. The Labute approximate surface area is 146 Å². The predicted octanol–water partition coefficient (Wildman–Crippen LogP) is 3.29. The summed E-state index contributed by atoms with van der Waals surface area (Å²) < 4.78 is 7.29. The van der Waals surface area contributed by atoms with Crippen molar-refractivity contribution in [1.82, 2.24) is 20.1 Å². The Morgan fingerprint density at radius 2 is 2.21 bits per heavy atom. The minimum Gasteiger partial charge on any atom is -0.469 e. The lowest BCUT2D eigenvalue weighted by molar-refractivity contribution is -0.119. The molecule has 6 nitrogen and oxygen atoms in total. The molecule has 1 amide bonds. The van der Waals surface area contributed by atoms with Crippen LogP contribution in [0.4, 0.5) is 0 Å². The number of hydrogen-bond donors (Lipinski definition) is 1. The number of carbonyl (C=O) groups is 1. The molecule has 0 spiro atoms. The average Bonchev–Trinajstić information content (AvgIpc) is 3.11. The van der Waals surface area contributed by atoms with Gasteiger partial charge in [0, 0.05) is 12.6 Å². The van der Waals surface area contributed by atoms with Crippen LogP contribution in [0.15, 0.2) is 34.6 Å². The number of nitrogens with zero attached hydrogens (tertiary/aromatic N) is 3. The van der Waals surface area contributed by atoms with Crippen LogP contribution in [0, 0.1) is 12.8 Å². The van der Waals surface area contributed by atoms with Crippen LogP contribution in [-0.2, 0) is 11.3 Å². The van der Waals surface area contributed by atoms with Crippen LogP contribution >= 0.6 is 11.8 Å². The van der Waals surface area contributed by atoms with Crippen LogP contribution in [0.2, 0.25) is 0 Å². The van der Waals surface area contributed by atoms with Gasteiger partial charge in [-0.1, -0.05) is 31.7 Å². The summed E-state index contributed by atoms with van der Waals surface area (Å²) in [5, 5.41) is 12.2. The number of rotatable bonds is 8. The molecule has 1 N–H and O–H groups in total. The van der Waals surface area contributed by atoms with Gasteiger partial charge in [0.25, 0.3) is 0 Å². The molecule has 7 heteroatoms. The van der Waals surface area contributed by atoms with Gasteiger partial charge in [-0.2, -0.15) is 0 Å². The van der Waals surface area contributed by atoms with Crippen molar-refractivity contribution in [3.8, 4) is 11.4 Å². The van der Waals surface area contributed by atoms with E-state index in [1.165, 1.54) is 11.8 Å². The summed E-state index contributed by atoms with van der Waals surface area (Å²) in [6, 6.07) is 2.01. The summed E-state index contributed by atoms with van der Waals surface area (Å²) in [4.78, 5) is 12.1. The second-order valence-corrected chi connectivity index (χ2v) is 6.93. The number of amides is 1. The Kier molecular flexibility index (Phi) is 6.25. The zero-order valence-corrected chi connectivity index (χ0v) is 15.4. The first kappa shape index (κ1) is 18.3. The van der Waals surface area contributed by atoms with Crippen LogP contribution in [0.5, 0.6) is 0 Å². The minimum atomic E-state index is -0.00426. The molecular weight excluding hydrogens is 324 g/mol. The van der Waals surface area contributed by atoms with Crippen molar-refractivity contribution >= 4 is 17.7 Å². The first-order chi connectivity index (χ1) is 11.4. The summed E-state index contributed by atoms with van der Waals surface area (Å²) in [5.74, 6) is 2.21. The van der Waals surface area contributed by atoms with Crippen molar-refractivity contribution in [2.45, 2.75) is 45.4 Å².